The van der Waals surface area contributed by atoms with Crippen molar-refractivity contribution in [2.24, 2.45) is 0 Å². The molecule has 3 rings (SSSR count). The Morgan fingerprint density at radius 1 is 1.32 bits per heavy atom. The van der Waals surface area contributed by atoms with Crippen LogP contribution in [0.3, 0.4) is 0 Å². The number of rotatable bonds is 2. The van der Waals surface area contributed by atoms with Crippen molar-refractivity contribution in [2.45, 2.75) is 12.0 Å². The largest absolute Gasteiger partial charge is 0.377 e. The van der Waals surface area contributed by atoms with E-state index in [1.165, 1.54) is 0 Å². The van der Waals surface area contributed by atoms with Gasteiger partial charge in [0.2, 0.25) is 5.91 Å². The lowest BCUT2D eigenvalue weighted by Crippen LogP contribution is -2.59. The molecule has 22 heavy (non-hydrogen) atoms. The second-order valence-corrected chi connectivity index (χ2v) is 6.32. The summed E-state index contributed by atoms with van der Waals surface area (Å²) >= 11 is 5.88. The number of hydrogen-bond acceptors (Lipinski definition) is 4. The van der Waals surface area contributed by atoms with E-state index in [4.69, 9.17) is 21.1 Å². The van der Waals surface area contributed by atoms with E-state index in [1.807, 2.05) is 29.2 Å². The van der Waals surface area contributed by atoms with Crippen molar-refractivity contribution in [1.29, 1.82) is 0 Å². The summed E-state index contributed by atoms with van der Waals surface area (Å²) in [4.78, 5) is 14.4. The molecule has 0 radical (unpaired) electrons. The number of carbonyl (C=O) groups is 1. The molecule has 0 saturated carbocycles. The molecule has 1 amide bonds. The van der Waals surface area contributed by atoms with Gasteiger partial charge in [-0.05, 0) is 17.7 Å². The summed E-state index contributed by atoms with van der Waals surface area (Å²) in [6, 6.07) is 7.42. The van der Waals surface area contributed by atoms with E-state index in [1.54, 1.807) is 0 Å². The predicted octanol–water partition coefficient (Wildman–Crippen LogP) is 1.10. The Hall–Kier alpha value is -1.14. The quantitative estimate of drug-likeness (QED) is 0.885. The van der Waals surface area contributed by atoms with Crippen molar-refractivity contribution in [3.63, 3.8) is 0 Å². The van der Waals surface area contributed by atoms with Crippen LogP contribution in [-0.4, -0.2) is 62.4 Å². The fraction of sp³-hybridized carbons (Fsp3) is 0.562. The zero-order valence-corrected chi connectivity index (χ0v) is 13.3. The number of morpholine rings is 1. The van der Waals surface area contributed by atoms with Crippen LogP contribution in [-0.2, 0) is 20.7 Å². The van der Waals surface area contributed by atoms with Gasteiger partial charge in [-0.15, -0.1) is 0 Å². The van der Waals surface area contributed by atoms with Crippen LogP contribution in [0, 0.1) is 0 Å². The van der Waals surface area contributed by atoms with E-state index in [0.29, 0.717) is 44.4 Å². The number of halogens is 1. The number of nitrogens with one attached hydrogen (secondary N) is 1. The molecule has 6 heteroatoms. The number of amides is 1. The molecule has 2 heterocycles. The highest BCUT2D eigenvalue weighted by atomic mass is 35.5. The zero-order chi connectivity index (χ0) is 15.4. The Balaban J connectivity index is 1.63. The highest BCUT2D eigenvalue weighted by molar-refractivity contribution is 6.30. The van der Waals surface area contributed by atoms with Crippen molar-refractivity contribution in [3.05, 3.63) is 34.9 Å². The molecule has 2 fully saturated rings. The number of ether oxygens (including phenoxy) is 2. The summed E-state index contributed by atoms with van der Waals surface area (Å²) in [5.74, 6) is 0.120. The first kappa shape index (κ1) is 15.7. The fourth-order valence-corrected chi connectivity index (χ4v) is 3.04. The van der Waals surface area contributed by atoms with Gasteiger partial charge in [-0.25, -0.2) is 0 Å². The van der Waals surface area contributed by atoms with Crippen molar-refractivity contribution in [1.82, 2.24) is 10.2 Å². The first-order valence-electron chi connectivity index (χ1n) is 7.62. The molecular weight excluding hydrogens is 304 g/mol. The molecule has 1 aromatic rings. The average Bonchev–Trinajstić information content (AvgIpc) is 2.75. The van der Waals surface area contributed by atoms with Crippen LogP contribution >= 0.6 is 11.6 Å². The maximum atomic E-state index is 12.5. The lowest BCUT2D eigenvalue weighted by Gasteiger charge is -2.41. The van der Waals surface area contributed by atoms with Crippen molar-refractivity contribution >= 4 is 17.5 Å². The van der Waals surface area contributed by atoms with Crippen LogP contribution in [0.25, 0.3) is 0 Å². The molecule has 0 bridgehead atoms. The van der Waals surface area contributed by atoms with Crippen LogP contribution in [0.4, 0.5) is 0 Å². The number of hydrogen-bond donors (Lipinski definition) is 1. The maximum absolute atomic E-state index is 12.5. The third-order valence-electron chi connectivity index (χ3n) is 4.11. The van der Waals surface area contributed by atoms with Gasteiger partial charge in [0.1, 0.15) is 5.60 Å². The third-order valence-corrected chi connectivity index (χ3v) is 4.36. The van der Waals surface area contributed by atoms with Gasteiger partial charge in [0.25, 0.3) is 0 Å². The van der Waals surface area contributed by atoms with Crippen LogP contribution in [0.1, 0.15) is 5.56 Å². The molecule has 1 N–H and O–H groups in total. The van der Waals surface area contributed by atoms with Crippen LogP contribution in [0.2, 0.25) is 5.02 Å². The normalized spacial score (nSPS) is 26.0. The van der Waals surface area contributed by atoms with Crippen molar-refractivity contribution in [2.75, 3.05) is 46.0 Å². The zero-order valence-electron chi connectivity index (χ0n) is 12.5. The summed E-state index contributed by atoms with van der Waals surface area (Å²) in [7, 11) is 0. The highest BCUT2D eigenvalue weighted by Gasteiger charge is 2.39. The Labute approximate surface area is 135 Å². The Kier molecular flexibility index (Phi) is 4.98. The van der Waals surface area contributed by atoms with E-state index in [-0.39, 0.29) is 5.91 Å². The molecule has 5 nitrogen and oxygen atoms in total. The molecule has 2 aliphatic rings. The molecule has 0 aromatic heterocycles. The van der Waals surface area contributed by atoms with Crippen LogP contribution < -0.4 is 5.32 Å². The lowest BCUT2D eigenvalue weighted by molar-refractivity contribution is -0.157. The van der Waals surface area contributed by atoms with Gasteiger partial charge in [-0.1, -0.05) is 23.7 Å². The SMILES string of the molecule is O=C(Cc1ccc(Cl)cc1)N1CCO[C@@]2(CNCCOC2)C1. The molecular formula is C16H21ClN2O3. The Bertz CT molecular complexity index is 513. The summed E-state index contributed by atoms with van der Waals surface area (Å²) in [5, 5.41) is 4.00. The van der Waals surface area contributed by atoms with Crippen molar-refractivity contribution < 1.29 is 14.3 Å². The van der Waals surface area contributed by atoms with Gasteiger partial charge in [0.15, 0.2) is 0 Å². The Morgan fingerprint density at radius 2 is 2.14 bits per heavy atom. The van der Waals surface area contributed by atoms with Gasteiger partial charge in [0.05, 0.1) is 32.8 Å². The van der Waals surface area contributed by atoms with Gasteiger partial charge < -0.3 is 19.7 Å². The van der Waals surface area contributed by atoms with E-state index in [2.05, 4.69) is 5.32 Å². The molecule has 120 valence electrons. The minimum absolute atomic E-state index is 0.120. The molecule has 1 spiro atoms. The van der Waals surface area contributed by atoms with E-state index >= 15 is 0 Å². The number of carbonyl (C=O) groups excluding carboxylic acids is 1. The van der Waals surface area contributed by atoms with Gasteiger partial charge in [-0.2, -0.15) is 0 Å². The minimum Gasteiger partial charge on any atom is -0.377 e. The van der Waals surface area contributed by atoms with Gasteiger partial charge in [0, 0.05) is 24.7 Å². The smallest absolute Gasteiger partial charge is 0.227 e. The minimum atomic E-state index is -0.412. The second kappa shape index (κ2) is 6.96. The fourth-order valence-electron chi connectivity index (χ4n) is 2.91. The average molecular weight is 325 g/mol. The van der Waals surface area contributed by atoms with E-state index < -0.39 is 5.60 Å². The lowest BCUT2D eigenvalue weighted by atomic mass is 10.0. The topological polar surface area (TPSA) is 50.8 Å². The summed E-state index contributed by atoms with van der Waals surface area (Å²) in [5.41, 5.74) is 0.565. The van der Waals surface area contributed by atoms with Gasteiger partial charge >= 0.3 is 0 Å². The monoisotopic (exact) mass is 324 g/mol. The number of nitrogens with zero attached hydrogens (tertiary/aromatic N) is 1. The van der Waals surface area contributed by atoms with Crippen molar-refractivity contribution in [3.8, 4) is 0 Å². The highest BCUT2D eigenvalue weighted by Crippen LogP contribution is 2.20. The summed E-state index contributed by atoms with van der Waals surface area (Å²) < 4.78 is 11.5. The van der Waals surface area contributed by atoms with Crippen LogP contribution in [0.15, 0.2) is 24.3 Å². The Morgan fingerprint density at radius 3 is 2.95 bits per heavy atom. The second-order valence-electron chi connectivity index (χ2n) is 5.88. The van der Waals surface area contributed by atoms with Crippen LogP contribution in [0.5, 0.6) is 0 Å². The summed E-state index contributed by atoms with van der Waals surface area (Å²) in [6.07, 6.45) is 0.390. The summed E-state index contributed by atoms with van der Waals surface area (Å²) in [6.45, 7) is 4.52. The maximum Gasteiger partial charge on any atom is 0.227 e. The molecule has 0 unspecified atom stereocenters. The molecule has 1 atom stereocenters. The first-order chi connectivity index (χ1) is 10.7. The third kappa shape index (κ3) is 3.79. The first-order valence-corrected chi connectivity index (χ1v) is 7.99. The number of benzene rings is 1. The molecule has 0 aliphatic carbocycles. The van der Waals surface area contributed by atoms with Gasteiger partial charge in [-0.3, -0.25) is 4.79 Å². The van der Waals surface area contributed by atoms with E-state index in [9.17, 15) is 4.79 Å². The molecule has 2 aliphatic heterocycles. The molecule has 1 aromatic carbocycles. The van der Waals surface area contributed by atoms with E-state index in [0.717, 1.165) is 18.7 Å². The molecule has 2 saturated heterocycles. The predicted molar refractivity (Wildman–Crippen MR) is 84.1 cm³/mol. The standard InChI is InChI=1S/C16H21ClN2O3/c17-14-3-1-13(2-4-14)9-15(20)19-6-8-22-16(11-19)10-18-5-7-21-12-16/h1-4,18H,5-12H2/t16-/m0/s1.